The SMILES string of the molecule is Cl.Cl.O=C(CCC1CCNCC1)Nc1ccc(Cc2nnc3ccccn23)cc1. The highest BCUT2D eigenvalue weighted by molar-refractivity contribution is 5.90. The molecule has 0 spiro atoms. The first-order valence-corrected chi connectivity index (χ1v) is 9.66. The fourth-order valence-corrected chi connectivity index (χ4v) is 3.63. The molecule has 29 heavy (non-hydrogen) atoms. The van der Waals surface area contributed by atoms with Crippen LogP contribution in [0.2, 0.25) is 0 Å². The van der Waals surface area contributed by atoms with Gasteiger partial charge >= 0.3 is 0 Å². The molecule has 3 aromatic rings. The number of nitrogens with zero attached hydrogens (tertiary/aromatic N) is 3. The predicted molar refractivity (Wildman–Crippen MR) is 120 cm³/mol. The van der Waals surface area contributed by atoms with Crippen LogP contribution in [0.4, 0.5) is 5.69 Å². The summed E-state index contributed by atoms with van der Waals surface area (Å²) in [5, 5.41) is 14.8. The molecule has 1 amide bonds. The van der Waals surface area contributed by atoms with Gasteiger partial charge in [0.15, 0.2) is 5.65 Å². The third-order valence-electron chi connectivity index (χ3n) is 5.22. The number of hydrogen-bond acceptors (Lipinski definition) is 4. The average Bonchev–Trinajstić information content (AvgIpc) is 3.12. The monoisotopic (exact) mass is 435 g/mol. The topological polar surface area (TPSA) is 71.3 Å². The normalized spacial score (nSPS) is 14.1. The fourth-order valence-electron chi connectivity index (χ4n) is 3.63. The molecule has 0 unspecified atom stereocenters. The summed E-state index contributed by atoms with van der Waals surface area (Å²) in [4.78, 5) is 12.2. The molecule has 1 fully saturated rings. The zero-order valence-corrected chi connectivity index (χ0v) is 17.8. The fraction of sp³-hybridized carbons (Fsp3) is 0.381. The highest BCUT2D eigenvalue weighted by Crippen LogP contribution is 2.19. The van der Waals surface area contributed by atoms with Crippen molar-refractivity contribution in [1.29, 1.82) is 0 Å². The molecule has 2 N–H and O–H groups in total. The Morgan fingerprint density at radius 2 is 1.83 bits per heavy atom. The summed E-state index contributed by atoms with van der Waals surface area (Å²) >= 11 is 0. The molecule has 4 rings (SSSR count). The van der Waals surface area contributed by atoms with E-state index in [4.69, 9.17) is 0 Å². The Bertz CT molecular complexity index is 907. The van der Waals surface area contributed by atoms with E-state index in [9.17, 15) is 4.79 Å². The van der Waals surface area contributed by atoms with Gasteiger partial charge in [0.05, 0.1) is 0 Å². The molecule has 156 valence electrons. The lowest BCUT2D eigenvalue weighted by atomic mass is 9.93. The summed E-state index contributed by atoms with van der Waals surface area (Å²) in [5.41, 5.74) is 2.84. The Morgan fingerprint density at radius 1 is 1.07 bits per heavy atom. The molecule has 6 nitrogen and oxygen atoms in total. The molecule has 3 heterocycles. The molecular formula is C21H27Cl2N5O. The lowest BCUT2D eigenvalue weighted by Gasteiger charge is -2.22. The average molecular weight is 436 g/mol. The van der Waals surface area contributed by atoms with Crippen molar-refractivity contribution in [2.24, 2.45) is 5.92 Å². The molecule has 1 aliphatic heterocycles. The highest BCUT2D eigenvalue weighted by atomic mass is 35.5. The van der Waals surface area contributed by atoms with Gasteiger partial charge in [-0.1, -0.05) is 18.2 Å². The van der Waals surface area contributed by atoms with Crippen molar-refractivity contribution in [3.05, 3.63) is 60.0 Å². The molecule has 0 saturated carbocycles. The second kappa shape index (κ2) is 11.1. The minimum absolute atomic E-state index is 0. The predicted octanol–water partition coefficient (Wildman–Crippen LogP) is 3.88. The first-order valence-electron chi connectivity index (χ1n) is 9.66. The standard InChI is InChI=1S/C21H25N5O.2ClH/c27-21(9-6-16-10-12-22-13-11-16)23-18-7-4-17(5-8-18)15-20-25-24-19-3-1-2-14-26(19)20;;/h1-5,7-8,14,16,22H,6,9-13,15H2,(H,23,27);2*1H. The van der Waals surface area contributed by atoms with Crippen LogP contribution in [-0.4, -0.2) is 33.6 Å². The molecule has 0 bridgehead atoms. The maximum Gasteiger partial charge on any atom is 0.224 e. The summed E-state index contributed by atoms with van der Waals surface area (Å²) in [6.07, 6.45) is 6.61. The number of aromatic nitrogens is 3. The molecule has 0 atom stereocenters. The molecule has 0 radical (unpaired) electrons. The van der Waals surface area contributed by atoms with Crippen molar-refractivity contribution in [2.75, 3.05) is 18.4 Å². The lowest BCUT2D eigenvalue weighted by molar-refractivity contribution is -0.116. The number of benzene rings is 1. The zero-order valence-electron chi connectivity index (χ0n) is 16.2. The summed E-state index contributed by atoms with van der Waals surface area (Å²) in [6, 6.07) is 13.9. The number of amides is 1. The zero-order chi connectivity index (χ0) is 18.5. The molecule has 2 aromatic heterocycles. The van der Waals surface area contributed by atoms with Gasteiger partial charge < -0.3 is 10.6 Å². The maximum atomic E-state index is 12.2. The van der Waals surface area contributed by atoms with Crippen LogP contribution >= 0.6 is 24.8 Å². The Hall–Kier alpha value is -2.15. The van der Waals surface area contributed by atoms with Crippen molar-refractivity contribution in [2.45, 2.75) is 32.1 Å². The minimum atomic E-state index is 0. The number of hydrogen-bond donors (Lipinski definition) is 2. The van der Waals surface area contributed by atoms with E-state index in [1.807, 2.05) is 53.1 Å². The summed E-state index contributed by atoms with van der Waals surface area (Å²) in [7, 11) is 0. The summed E-state index contributed by atoms with van der Waals surface area (Å²) in [6.45, 7) is 2.16. The Balaban J connectivity index is 0.00000150. The molecule has 1 aromatic carbocycles. The third kappa shape index (κ3) is 6.16. The maximum absolute atomic E-state index is 12.2. The van der Waals surface area contributed by atoms with E-state index in [0.29, 0.717) is 18.8 Å². The highest BCUT2D eigenvalue weighted by Gasteiger charge is 2.14. The first-order chi connectivity index (χ1) is 13.3. The van der Waals surface area contributed by atoms with Crippen LogP contribution in [0.1, 0.15) is 37.1 Å². The largest absolute Gasteiger partial charge is 0.326 e. The van der Waals surface area contributed by atoms with Crippen LogP contribution in [-0.2, 0) is 11.2 Å². The van der Waals surface area contributed by atoms with Crippen LogP contribution in [0.3, 0.4) is 0 Å². The van der Waals surface area contributed by atoms with Crippen molar-refractivity contribution < 1.29 is 4.79 Å². The van der Waals surface area contributed by atoms with E-state index < -0.39 is 0 Å². The first kappa shape index (κ1) is 23.1. The van der Waals surface area contributed by atoms with Gasteiger partial charge in [0, 0.05) is 24.7 Å². The number of carbonyl (C=O) groups is 1. The van der Waals surface area contributed by atoms with Crippen LogP contribution in [0.5, 0.6) is 0 Å². The summed E-state index contributed by atoms with van der Waals surface area (Å²) < 4.78 is 2.00. The van der Waals surface area contributed by atoms with Crippen LogP contribution in [0.15, 0.2) is 48.7 Å². The number of nitrogens with one attached hydrogen (secondary N) is 2. The molecule has 8 heteroatoms. The Kier molecular flexibility index (Phi) is 8.89. The van der Waals surface area contributed by atoms with E-state index >= 15 is 0 Å². The van der Waals surface area contributed by atoms with Gasteiger partial charge in [0.25, 0.3) is 0 Å². The minimum Gasteiger partial charge on any atom is -0.326 e. The number of carbonyl (C=O) groups excluding carboxylic acids is 1. The number of fused-ring (bicyclic) bond motifs is 1. The van der Waals surface area contributed by atoms with Gasteiger partial charge in [-0.25, -0.2) is 0 Å². The van der Waals surface area contributed by atoms with Crippen molar-refractivity contribution in [3.63, 3.8) is 0 Å². The van der Waals surface area contributed by atoms with E-state index in [2.05, 4.69) is 20.8 Å². The van der Waals surface area contributed by atoms with Gasteiger partial charge in [-0.05, 0) is 68.1 Å². The van der Waals surface area contributed by atoms with Crippen LogP contribution < -0.4 is 10.6 Å². The molecule has 1 saturated heterocycles. The van der Waals surface area contributed by atoms with Crippen LogP contribution in [0.25, 0.3) is 5.65 Å². The van der Waals surface area contributed by atoms with Gasteiger partial charge in [-0.15, -0.1) is 35.0 Å². The Morgan fingerprint density at radius 3 is 2.59 bits per heavy atom. The Labute approximate surface area is 183 Å². The van der Waals surface area contributed by atoms with Gasteiger partial charge in [-0.3, -0.25) is 9.20 Å². The van der Waals surface area contributed by atoms with Crippen molar-refractivity contribution >= 4 is 42.1 Å². The van der Waals surface area contributed by atoms with Crippen molar-refractivity contribution in [3.8, 4) is 0 Å². The molecular weight excluding hydrogens is 409 g/mol. The lowest BCUT2D eigenvalue weighted by Crippen LogP contribution is -2.28. The smallest absolute Gasteiger partial charge is 0.224 e. The van der Waals surface area contributed by atoms with Gasteiger partial charge in [0.2, 0.25) is 5.91 Å². The van der Waals surface area contributed by atoms with Crippen LogP contribution in [0, 0.1) is 5.92 Å². The van der Waals surface area contributed by atoms with E-state index in [1.54, 1.807) is 0 Å². The second-order valence-electron chi connectivity index (χ2n) is 7.20. The number of halogens is 2. The number of anilines is 1. The van der Waals surface area contributed by atoms with E-state index in [0.717, 1.165) is 42.2 Å². The van der Waals surface area contributed by atoms with Crippen molar-refractivity contribution in [1.82, 2.24) is 19.9 Å². The number of pyridine rings is 1. The molecule has 1 aliphatic rings. The van der Waals surface area contributed by atoms with E-state index in [1.165, 1.54) is 12.8 Å². The number of piperidine rings is 1. The van der Waals surface area contributed by atoms with E-state index in [-0.39, 0.29) is 30.7 Å². The van der Waals surface area contributed by atoms with Gasteiger partial charge in [0.1, 0.15) is 5.82 Å². The number of rotatable bonds is 6. The molecule has 0 aliphatic carbocycles. The quantitative estimate of drug-likeness (QED) is 0.615. The van der Waals surface area contributed by atoms with Gasteiger partial charge in [-0.2, -0.15) is 0 Å². The third-order valence-corrected chi connectivity index (χ3v) is 5.22. The summed E-state index contributed by atoms with van der Waals surface area (Å²) in [5.74, 6) is 1.69. The second-order valence-corrected chi connectivity index (χ2v) is 7.20.